The fraction of sp³-hybridized carbons (Fsp3) is 0.438. The molecular formula is C16H20BClN2O2. The van der Waals surface area contributed by atoms with Crippen molar-refractivity contribution in [2.75, 3.05) is 0 Å². The third-order valence-corrected chi connectivity index (χ3v) is 4.98. The van der Waals surface area contributed by atoms with Crippen molar-refractivity contribution >= 4 is 24.3 Å². The molecule has 0 saturated carbocycles. The maximum absolute atomic E-state index is 6.12. The molecule has 1 aliphatic rings. The zero-order valence-electron chi connectivity index (χ0n) is 13.6. The van der Waals surface area contributed by atoms with Gasteiger partial charge in [0, 0.05) is 11.2 Å². The summed E-state index contributed by atoms with van der Waals surface area (Å²) in [5.41, 5.74) is 2.08. The van der Waals surface area contributed by atoms with Gasteiger partial charge in [0.2, 0.25) is 0 Å². The zero-order chi connectivity index (χ0) is 16.1. The molecule has 2 aromatic rings. The van der Waals surface area contributed by atoms with E-state index >= 15 is 0 Å². The van der Waals surface area contributed by atoms with Crippen molar-refractivity contribution in [1.29, 1.82) is 0 Å². The number of nitrogens with zero attached hydrogens (tertiary/aromatic N) is 2. The summed E-state index contributed by atoms with van der Waals surface area (Å²) in [6, 6.07) is 7.75. The highest BCUT2D eigenvalue weighted by molar-refractivity contribution is 6.61. The Morgan fingerprint density at radius 3 is 2.32 bits per heavy atom. The van der Waals surface area contributed by atoms with Crippen LogP contribution in [0, 0.1) is 6.92 Å². The summed E-state index contributed by atoms with van der Waals surface area (Å²) in [7, 11) is -0.441. The van der Waals surface area contributed by atoms with E-state index < -0.39 is 7.12 Å². The van der Waals surface area contributed by atoms with Gasteiger partial charge in [-0.25, -0.2) is 4.68 Å². The molecule has 1 aliphatic heterocycles. The lowest BCUT2D eigenvalue weighted by Gasteiger charge is -2.32. The third kappa shape index (κ3) is 2.47. The first kappa shape index (κ1) is 15.6. The van der Waals surface area contributed by atoms with Crippen LogP contribution < -0.4 is 5.59 Å². The molecule has 0 aliphatic carbocycles. The molecule has 0 N–H and O–H groups in total. The van der Waals surface area contributed by atoms with Crippen molar-refractivity contribution in [1.82, 2.24) is 9.78 Å². The average molecular weight is 319 g/mol. The van der Waals surface area contributed by atoms with Crippen LogP contribution in [0.5, 0.6) is 0 Å². The highest BCUT2D eigenvalue weighted by atomic mass is 35.5. The summed E-state index contributed by atoms with van der Waals surface area (Å²) in [5, 5.41) is 5.15. The van der Waals surface area contributed by atoms with Gasteiger partial charge in [-0.2, -0.15) is 5.10 Å². The van der Waals surface area contributed by atoms with Crippen LogP contribution in [0.15, 0.2) is 30.5 Å². The molecule has 22 heavy (non-hydrogen) atoms. The summed E-state index contributed by atoms with van der Waals surface area (Å²) < 4.78 is 14.1. The largest absolute Gasteiger partial charge is 0.514 e. The van der Waals surface area contributed by atoms with Crippen molar-refractivity contribution in [3.8, 4) is 5.69 Å². The van der Waals surface area contributed by atoms with Crippen LogP contribution in [0.4, 0.5) is 0 Å². The SMILES string of the molecule is Cc1cc(-n2nccc2B2OC(C)(C)C(C)(C)O2)ccc1Cl. The zero-order valence-corrected chi connectivity index (χ0v) is 14.3. The van der Waals surface area contributed by atoms with Gasteiger partial charge in [-0.1, -0.05) is 11.6 Å². The number of aromatic nitrogens is 2. The first-order valence-electron chi connectivity index (χ1n) is 7.37. The van der Waals surface area contributed by atoms with Crippen LogP contribution in [-0.4, -0.2) is 28.1 Å². The Bertz CT molecular complexity index is 696. The van der Waals surface area contributed by atoms with E-state index in [0.717, 1.165) is 21.9 Å². The minimum Gasteiger partial charge on any atom is -0.398 e. The molecule has 1 aromatic carbocycles. The Morgan fingerprint density at radius 1 is 1.09 bits per heavy atom. The molecule has 0 unspecified atom stereocenters. The number of halogens is 1. The van der Waals surface area contributed by atoms with Gasteiger partial charge in [0.15, 0.2) is 0 Å². The van der Waals surface area contributed by atoms with Crippen LogP contribution >= 0.6 is 11.6 Å². The van der Waals surface area contributed by atoms with E-state index in [1.54, 1.807) is 6.20 Å². The number of hydrogen-bond acceptors (Lipinski definition) is 3. The lowest BCUT2D eigenvalue weighted by Crippen LogP contribution is -2.41. The molecule has 0 bridgehead atoms. The number of benzene rings is 1. The second-order valence-corrected chi connectivity index (χ2v) is 7.10. The van der Waals surface area contributed by atoms with Crippen molar-refractivity contribution in [3.05, 3.63) is 41.0 Å². The Balaban J connectivity index is 1.98. The molecule has 1 aromatic heterocycles. The molecule has 116 valence electrons. The number of rotatable bonds is 2. The maximum atomic E-state index is 6.12. The highest BCUT2D eigenvalue weighted by Crippen LogP contribution is 2.36. The van der Waals surface area contributed by atoms with E-state index in [9.17, 15) is 0 Å². The molecular weight excluding hydrogens is 298 g/mol. The second-order valence-electron chi connectivity index (χ2n) is 6.69. The standard InChI is InChI=1S/C16H20BClN2O2/c1-11-10-12(6-7-13(11)18)20-14(8-9-19-20)17-21-15(2,3)16(4,5)22-17/h6-10H,1-5H3. The van der Waals surface area contributed by atoms with Gasteiger partial charge in [-0.3, -0.25) is 0 Å². The smallest absolute Gasteiger partial charge is 0.398 e. The Hall–Kier alpha value is -1.30. The summed E-state index contributed by atoms with van der Waals surface area (Å²) in [6.45, 7) is 10.1. The number of hydrogen-bond donors (Lipinski definition) is 0. The molecule has 1 saturated heterocycles. The van der Waals surface area contributed by atoms with Crippen molar-refractivity contribution in [2.24, 2.45) is 0 Å². The lowest BCUT2D eigenvalue weighted by molar-refractivity contribution is 0.00578. The molecule has 3 rings (SSSR count). The van der Waals surface area contributed by atoms with Gasteiger partial charge < -0.3 is 9.31 Å². The first-order chi connectivity index (χ1) is 10.2. The number of aryl methyl sites for hydroxylation is 1. The van der Waals surface area contributed by atoms with E-state index in [1.807, 2.05) is 63.6 Å². The third-order valence-electron chi connectivity index (χ3n) is 4.55. The molecule has 0 amide bonds. The van der Waals surface area contributed by atoms with Crippen molar-refractivity contribution < 1.29 is 9.31 Å². The van der Waals surface area contributed by atoms with Gasteiger partial charge >= 0.3 is 7.12 Å². The summed E-state index contributed by atoms with van der Waals surface area (Å²) in [4.78, 5) is 0. The minimum absolute atomic E-state index is 0.372. The van der Waals surface area contributed by atoms with Gasteiger partial charge in [0.25, 0.3) is 0 Å². The van der Waals surface area contributed by atoms with Gasteiger partial charge in [-0.05, 0) is 64.4 Å². The van der Waals surface area contributed by atoms with Crippen molar-refractivity contribution in [2.45, 2.75) is 45.8 Å². The quantitative estimate of drug-likeness (QED) is 0.798. The van der Waals surface area contributed by atoms with E-state index in [1.165, 1.54) is 0 Å². The topological polar surface area (TPSA) is 36.3 Å². The summed E-state index contributed by atoms with van der Waals surface area (Å²) in [5.74, 6) is 0. The Kier molecular flexibility index (Phi) is 3.63. The van der Waals surface area contributed by atoms with Crippen LogP contribution in [0.1, 0.15) is 33.3 Å². The first-order valence-corrected chi connectivity index (χ1v) is 7.75. The molecule has 0 spiro atoms. The average Bonchev–Trinajstić information content (AvgIpc) is 2.96. The Morgan fingerprint density at radius 2 is 1.73 bits per heavy atom. The minimum atomic E-state index is -0.441. The van der Waals surface area contributed by atoms with Crippen LogP contribution in [-0.2, 0) is 9.31 Å². The predicted octanol–water partition coefficient (Wildman–Crippen LogP) is 3.13. The van der Waals surface area contributed by atoms with E-state index in [0.29, 0.717) is 0 Å². The predicted molar refractivity (Wildman–Crippen MR) is 89.0 cm³/mol. The normalized spacial score (nSPS) is 19.6. The van der Waals surface area contributed by atoms with E-state index in [2.05, 4.69) is 5.10 Å². The fourth-order valence-corrected chi connectivity index (χ4v) is 2.55. The molecule has 1 fully saturated rings. The van der Waals surface area contributed by atoms with Crippen LogP contribution in [0.2, 0.25) is 5.02 Å². The van der Waals surface area contributed by atoms with Gasteiger partial charge in [-0.15, -0.1) is 0 Å². The van der Waals surface area contributed by atoms with Crippen LogP contribution in [0.3, 0.4) is 0 Å². The summed E-state index contributed by atoms with van der Waals surface area (Å²) >= 11 is 6.10. The summed E-state index contributed by atoms with van der Waals surface area (Å²) in [6.07, 6.45) is 1.75. The van der Waals surface area contributed by atoms with Crippen molar-refractivity contribution in [3.63, 3.8) is 0 Å². The second kappa shape index (κ2) is 5.12. The van der Waals surface area contributed by atoms with E-state index in [4.69, 9.17) is 20.9 Å². The van der Waals surface area contributed by atoms with Crippen LogP contribution in [0.25, 0.3) is 5.69 Å². The molecule has 0 radical (unpaired) electrons. The molecule has 2 heterocycles. The van der Waals surface area contributed by atoms with Gasteiger partial charge in [0.05, 0.1) is 22.5 Å². The maximum Gasteiger partial charge on any atom is 0.514 e. The molecule has 4 nitrogen and oxygen atoms in total. The highest BCUT2D eigenvalue weighted by Gasteiger charge is 2.52. The Labute approximate surface area is 136 Å². The van der Waals surface area contributed by atoms with Gasteiger partial charge in [0.1, 0.15) is 0 Å². The molecule has 0 atom stereocenters. The monoisotopic (exact) mass is 318 g/mol. The lowest BCUT2D eigenvalue weighted by atomic mass is 9.84. The fourth-order valence-electron chi connectivity index (χ4n) is 2.43. The van der Waals surface area contributed by atoms with E-state index in [-0.39, 0.29) is 11.2 Å². The molecule has 6 heteroatoms.